The van der Waals surface area contributed by atoms with Gasteiger partial charge in [-0.05, 0) is 12.1 Å². The molecule has 1 unspecified atom stereocenters. The first-order valence-electron chi connectivity index (χ1n) is 8.98. The van der Waals surface area contributed by atoms with Gasteiger partial charge in [-0.1, -0.05) is 0 Å². The largest absolute Gasteiger partial charge is 0.493 e. The topological polar surface area (TPSA) is 97.7 Å². The van der Waals surface area contributed by atoms with Crippen LogP contribution in [0.3, 0.4) is 0 Å². The van der Waals surface area contributed by atoms with E-state index in [-0.39, 0.29) is 30.3 Å². The molecule has 0 bridgehead atoms. The zero-order valence-corrected chi connectivity index (χ0v) is 17.7. The quantitative estimate of drug-likeness (QED) is 0.758. The smallest absolute Gasteiger partial charge is 0.254 e. The molecule has 2 aromatic rings. The van der Waals surface area contributed by atoms with E-state index in [9.17, 15) is 9.59 Å². The highest BCUT2D eigenvalue weighted by molar-refractivity contribution is 5.99. The molecule has 1 aliphatic heterocycles. The van der Waals surface area contributed by atoms with Gasteiger partial charge in [0.1, 0.15) is 11.9 Å². The van der Waals surface area contributed by atoms with Crippen LogP contribution in [0.4, 0.5) is 5.69 Å². The van der Waals surface area contributed by atoms with Crippen LogP contribution in [0.2, 0.25) is 0 Å². The van der Waals surface area contributed by atoms with Crippen molar-refractivity contribution < 1.29 is 19.1 Å². The van der Waals surface area contributed by atoms with Gasteiger partial charge in [0.25, 0.3) is 5.91 Å². The van der Waals surface area contributed by atoms with Gasteiger partial charge in [-0.15, -0.1) is 12.4 Å². The molecule has 1 fully saturated rings. The number of ether oxygens (including phenoxy) is 2. The van der Waals surface area contributed by atoms with Crippen LogP contribution in [0.25, 0.3) is 0 Å². The van der Waals surface area contributed by atoms with E-state index in [2.05, 4.69) is 15.6 Å². The van der Waals surface area contributed by atoms with Crippen molar-refractivity contribution in [2.24, 2.45) is 7.05 Å². The van der Waals surface area contributed by atoms with Crippen LogP contribution < -0.4 is 20.1 Å². The van der Waals surface area contributed by atoms with Gasteiger partial charge >= 0.3 is 0 Å². The SMILES string of the molecule is COc1cc(C(=O)N2CCNCC2c2nccn2C)cc(NC(C)=O)c1OC.Cl. The van der Waals surface area contributed by atoms with Crippen molar-refractivity contribution in [2.75, 3.05) is 39.2 Å². The molecule has 0 aliphatic carbocycles. The van der Waals surface area contributed by atoms with E-state index in [0.29, 0.717) is 42.4 Å². The number of amides is 2. The summed E-state index contributed by atoms with van der Waals surface area (Å²) in [5.74, 6) is 1.12. The monoisotopic (exact) mass is 423 g/mol. The molecule has 29 heavy (non-hydrogen) atoms. The van der Waals surface area contributed by atoms with E-state index in [1.807, 2.05) is 17.8 Å². The summed E-state index contributed by atoms with van der Waals surface area (Å²) in [5.41, 5.74) is 0.795. The molecule has 9 nitrogen and oxygen atoms in total. The van der Waals surface area contributed by atoms with E-state index < -0.39 is 0 Å². The number of methoxy groups -OCH3 is 2. The molecule has 1 atom stereocenters. The van der Waals surface area contributed by atoms with Crippen LogP contribution in [-0.2, 0) is 11.8 Å². The molecule has 2 N–H and O–H groups in total. The number of hydrogen-bond donors (Lipinski definition) is 2. The van der Waals surface area contributed by atoms with Crippen LogP contribution in [0.5, 0.6) is 11.5 Å². The molecule has 3 rings (SSSR count). The fourth-order valence-electron chi connectivity index (χ4n) is 3.41. The molecule has 1 saturated heterocycles. The molecule has 2 heterocycles. The highest BCUT2D eigenvalue weighted by Gasteiger charge is 2.32. The number of benzene rings is 1. The van der Waals surface area contributed by atoms with E-state index in [1.54, 1.807) is 23.2 Å². The Bertz CT molecular complexity index is 885. The highest BCUT2D eigenvalue weighted by atomic mass is 35.5. The molecule has 2 amide bonds. The maximum absolute atomic E-state index is 13.4. The predicted octanol–water partition coefficient (Wildman–Crippen LogP) is 1.60. The summed E-state index contributed by atoms with van der Waals surface area (Å²) < 4.78 is 12.6. The molecule has 1 aromatic carbocycles. The van der Waals surface area contributed by atoms with Crippen LogP contribution in [0.1, 0.15) is 29.1 Å². The maximum Gasteiger partial charge on any atom is 0.254 e. The Labute approximate surface area is 175 Å². The standard InChI is InChI=1S/C19H25N5O4.ClH/c1-12(25)22-14-9-13(10-16(27-3)17(14)28-4)19(26)24-8-5-20-11-15(24)18-21-6-7-23(18)2;/h6-7,9-10,15,20H,5,8,11H2,1-4H3,(H,22,25);1H. The number of aromatic nitrogens is 2. The number of hydrogen-bond acceptors (Lipinski definition) is 6. The van der Waals surface area contributed by atoms with Crippen molar-refractivity contribution >= 4 is 29.9 Å². The molecule has 158 valence electrons. The third-order valence-corrected chi connectivity index (χ3v) is 4.70. The van der Waals surface area contributed by atoms with Crippen molar-refractivity contribution in [3.8, 4) is 11.5 Å². The second-order valence-corrected chi connectivity index (χ2v) is 6.56. The van der Waals surface area contributed by atoms with E-state index in [1.165, 1.54) is 21.1 Å². The summed E-state index contributed by atoms with van der Waals surface area (Å²) >= 11 is 0. The third kappa shape index (κ3) is 4.63. The lowest BCUT2D eigenvalue weighted by molar-refractivity contribution is -0.114. The van der Waals surface area contributed by atoms with Gasteiger partial charge in [-0.3, -0.25) is 9.59 Å². The molecule has 0 saturated carbocycles. The second kappa shape index (κ2) is 9.62. The number of imidazole rings is 1. The molecular weight excluding hydrogens is 398 g/mol. The second-order valence-electron chi connectivity index (χ2n) is 6.56. The van der Waals surface area contributed by atoms with Crippen molar-refractivity contribution in [3.63, 3.8) is 0 Å². The maximum atomic E-state index is 13.4. The zero-order chi connectivity index (χ0) is 20.3. The van der Waals surface area contributed by atoms with Crippen LogP contribution in [0.15, 0.2) is 24.5 Å². The number of rotatable bonds is 5. The minimum absolute atomic E-state index is 0. The number of piperazine rings is 1. The number of carbonyl (C=O) groups excluding carboxylic acids is 2. The lowest BCUT2D eigenvalue weighted by atomic mass is 10.1. The minimum Gasteiger partial charge on any atom is -0.493 e. The number of anilines is 1. The van der Waals surface area contributed by atoms with E-state index in [0.717, 1.165) is 5.82 Å². The number of nitrogens with zero attached hydrogens (tertiary/aromatic N) is 3. The first kappa shape index (κ1) is 22.5. The van der Waals surface area contributed by atoms with Crippen molar-refractivity contribution in [2.45, 2.75) is 13.0 Å². The van der Waals surface area contributed by atoms with Gasteiger partial charge in [0.2, 0.25) is 5.91 Å². The van der Waals surface area contributed by atoms with Gasteiger partial charge in [0.05, 0.1) is 19.9 Å². The summed E-state index contributed by atoms with van der Waals surface area (Å²) in [6.07, 6.45) is 3.58. The first-order chi connectivity index (χ1) is 13.5. The predicted molar refractivity (Wildman–Crippen MR) is 111 cm³/mol. The first-order valence-corrected chi connectivity index (χ1v) is 8.98. The Morgan fingerprint density at radius 3 is 2.62 bits per heavy atom. The van der Waals surface area contributed by atoms with Gasteiger partial charge in [-0.2, -0.15) is 0 Å². The van der Waals surface area contributed by atoms with E-state index >= 15 is 0 Å². The third-order valence-electron chi connectivity index (χ3n) is 4.70. The van der Waals surface area contributed by atoms with Crippen molar-refractivity contribution in [1.82, 2.24) is 19.8 Å². The van der Waals surface area contributed by atoms with Crippen molar-refractivity contribution in [3.05, 3.63) is 35.9 Å². The fourth-order valence-corrected chi connectivity index (χ4v) is 3.41. The number of aryl methyl sites for hydroxylation is 1. The Kier molecular flexibility index (Phi) is 7.46. The minimum atomic E-state index is -0.266. The van der Waals surface area contributed by atoms with Crippen LogP contribution in [0, 0.1) is 0 Å². The summed E-state index contributed by atoms with van der Waals surface area (Å²) in [5, 5.41) is 6.02. The molecule has 0 spiro atoms. The Morgan fingerprint density at radius 2 is 2.03 bits per heavy atom. The normalized spacial score (nSPS) is 16.0. The summed E-state index contributed by atoms with van der Waals surface area (Å²) in [6, 6.07) is 3.05. The van der Waals surface area contributed by atoms with Crippen molar-refractivity contribution in [1.29, 1.82) is 0 Å². The lowest BCUT2D eigenvalue weighted by Crippen LogP contribution is -2.49. The molecular formula is C19H26ClN5O4. The highest BCUT2D eigenvalue weighted by Crippen LogP contribution is 2.37. The number of carbonyl (C=O) groups is 2. The van der Waals surface area contributed by atoms with Crippen LogP contribution in [-0.4, -0.2) is 60.1 Å². The fraction of sp³-hybridized carbons (Fsp3) is 0.421. The Morgan fingerprint density at radius 1 is 1.28 bits per heavy atom. The average Bonchev–Trinajstić information content (AvgIpc) is 3.12. The Balaban J connectivity index is 0.00000300. The number of nitrogens with one attached hydrogen (secondary N) is 2. The molecule has 1 aliphatic rings. The van der Waals surface area contributed by atoms with Gasteiger partial charge in [-0.25, -0.2) is 4.98 Å². The lowest BCUT2D eigenvalue weighted by Gasteiger charge is -2.36. The molecule has 1 aromatic heterocycles. The molecule has 10 heteroatoms. The summed E-state index contributed by atoms with van der Waals surface area (Å²) in [4.78, 5) is 31.2. The molecule has 0 radical (unpaired) electrons. The van der Waals surface area contributed by atoms with Gasteiger partial charge < -0.3 is 29.6 Å². The van der Waals surface area contributed by atoms with E-state index in [4.69, 9.17) is 9.47 Å². The average molecular weight is 424 g/mol. The van der Waals surface area contributed by atoms with Gasteiger partial charge in [0, 0.05) is 51.6 Å². The van der Waals surface area contributed by atoms with Gasteiger partial charge in [0.15, 0.2) is 11.5 Å². The van der Waals surface area contributed by atoms with Crippen LogP contribution >= 0.6 is 12.4 Å². The Hall–Kier alpha value is -2.78. The summed E-state index contributed by atoms with van der Waals surface area (Å²) in [6.45, 7) is 3.24. The number of halogens is 1. The summed E-state index contributed by atoms with van der Waals surface area (Å²) in [7, 11) is 4.88. The zero-order valence-electron chi connectivity index (χ0n) is 16.9.